The third-order valence-corrected chi connectivity index (χ3v) is 2.82. The van der Waals surface area contributed by atoms with Crippen LogP contribution in [0, 0.1) is 0 Å². The van der Waals surface area contributed by atoms with Crippen LogP contribution in [0.2, 0.25) is 0 Å². The van der Waals surface area contributed by atoms with E-state index < -0.39 is 0 Å². The fourth-order valence-electron chi connectivity index (χ4n) is 1.73. The first kappa shape index (κ1) is 14.8. The number of rotatable bonds is 7. The van der Waals surface area contributed by atoms with Crippen molar-refractivity contribution in [1.82, 2.24) is 14.9 Å². The van der Waals surface area contributed by atoms with Gasteiger partial charge >= 0.3 is 0 Å². The van der Waals surface area contributed by atoms with Crippen LogP contribution in [0.4, 0.5) is 5.82 Å². The lowest BCUT2D eigenvalue weighted by Gasteiger charge is -2.24. The van der Waals surface area contributed by atoms with Crippen LogP contribution in [0.5, 0.6) is 0 Å². The highest BCUT2D eigenvalue weighted by atomic mass is 32.1. The SMILES string of the molecule is CCN(CCCN(C)C)c1nccnc1C(N)=S. The van der Waals surface area contributed by atoms with Crippen LogP contribution in [0.1, 0.15) is 19.0 Å². The molecule has 1 heterocycles. The predicted octanol–water partition coefficient (Wildman–Crippen LogP) is 0.889. The highest BCUT2D eigenvalue weighted by Crippen LogP contribution is 2.14. The summed E-state index contributed by atoms with van der Waals surface area (Å²) in [6, 6.07) is 0. The highest BCUT2D eigenvalue weighted by Gasteiger charge is 2.13. The summed E-state index contributed by atoms with van der Waals surface area (Å²) in [5.74, 6) is 0.784. The van der Waals surface area contributed by atoms with Crippen molar-refractivity contribution in [2.75, 3.05) is 38.6 Å². The Kier molecular flexibility index (Phi) is 5.94. The Morgan fingerprint density at radius 3 is 2.50 bits per heavy atom. The van der Waals surface area contributed by atoms with E-state index >= 15 is 0 Å². The molecule has 0 amide bonds. The maximum atomic E-state index is 5.68. The first-order valence-corrected chi connectivity index (χ1v) is 6.47. The lowest BCUT2D eigenvalue weighted by atomic mass is 10.3. The minimum absolute atomic E-state index is 0.296. The van der Waals surface area contributed by atoms with Gasteiger partial charge in [-0.25, -0.2) is 9.97 Å². The number of hydrogen-bond acceptors (Lipinski definition) is 5. The second-order valence-electron chi connectivity index (χ2n) is 4.33. The third-order valence-electron chi connectivity index (χ3n) is 2.63. The minimum Gasteiger partial charge on any atom is -0.388 e. The molecule has 0 aliphatic rings. The molecule has 0 saturated carbocycles. The summed E-state index contributed by atoms with van der Waals surface area (Å²) in [5.41, 5.74) is 6.29. The number of aromatic nitrogens is 2. The molecule has 0 aromatic carbocycles. The Labute approximate surface area is 114 Å². The van der Waals surface area contributed by atoms with Crippen molar-refractivity contribution < 1.29 is 0 Å². The highest BCUT2D eigenvalue weighted by molar-refractivity contribution is 7.80. The van der Waals surface area contributed by atoms with Gasteiger partial charge in [0, 0.05) is 25.5 Å². The van der Waals surface area contributed by atoms with E-state index in [9.17, 15) is 0 Å². The Bertz CT molecular complexity index is 394. The molecule has 1 aromatic rings. The van der Waals surface area contributed by atoms with Gasteiger partial charge < -0.3 is 15.5 Å². The van der Waals surface area contributed by atoms with Gasteiger partial charge in [0.05, 0.1) is 0 Å². The van der Waals surface area contributed by atoms with Crippen LogP contribution in [-0.2, 0) is 0 Å². The molecule has 0 aliphatic heterocycles. The van der Waals surface area contributed by atoms with Crippen LogP contribution in [0.15, 0.2) is 12.4 Å². The zero-order valence-corrected chi connectivity index (χ0v) is 12.1. The summed E-state index contributed by atoms with van der Waals surface area (Å²) in [7, 11) is 4.14. The van der Waals surface area contributed by atoms with Crippen LogP contribution in [0.25, 0.3) is 0 Å². The van der Waals surface area contributed by atoms with E-state index in [0.717, 1.165) is 31.9 Å². The number of thiocarbonyl (C=S) groups is 1. The molecule has 1 rings (SSSR count). The van der Waals surface area contributed by atoms with Gasteiger partial charge in [-0.1, -0.05) is 12.2 Å². The second-order valence-corrected chi connectivity index (χ2v) is 4.77. The molecule has 5 nitrogen and oxygen atoms in total. The molecule has 0 aliphatic carbocycles. The summed E-state index contributed by atoms with van der Waals surface area (Å²) in [5, 5.41) is 0. The van der Waals surface area contributed by atoms with Gasteiger partial charge in [-0.05, 0) is 34.0 Å². The lowest BCUT2D eigenvalue weighted by Crippen LogP contribution is -2.30. The van der Waals surface area contributed by atoms with Crippen molar-refractivity contribution in [3.05, 3.63) is 18.1 Å². The molecule has 0 fully saturated rings. The Morgan fingerprint density at radius 2 is 1.94 bits per heavy atom. The Hall–Kier alpha value is -1.27. The van der Waals surface area contributed by atoms with Gasteiger partial charge in [-0.3, -0.25) is 0 Å². The zero-order valence-electron chi connectivity index (χ0n) is 11.3. The van der Waals surface area contributed by atoms with Crippen molar-refractivity contribution in [2.45, 2.75) is 13.3 Å². The molecular formula is C12H21N5S. The summed E-state index contributed by atoms with van der Waals surface area (Å²) in [4.78, 5) is 13.2. The van der Waals surface area contributed by atoms with E-state index in [4.69, 9.17) is 18.0 Å². The molecule has 0 saturated heterocycles. The molecule has 1 aromatic heterocycles. The topological polar surface area (TPSA) is 58.3 Å². The van der Waals surface area contributed by atoms with Crippen LogP contribution in [0.3, 0.4) is 0 Å². The summed E-state index contributed by atoms with van der Waals surface area (Å²) in [6.45, 7) is 4.91. The number of anilines is 1. The molecule has 100 valence electrons. The molecule has 0 atom stereocenters. The Balaban J connectivity index is 2.78. The third kappa shape index (κ3) is 4.19. The fourth-order valence-corrected chi connectivity index (χ4v) is 1.87. The fraction of sp³-hybridized carbons (Fsp3) is 0.583. The Morgan fingerprint density at radius 1 is 1.28 bits per heavy atom. The van der Waals surface area contributed by atoms with E-state index in [2.05, 4.69) is 40.8 Å². The smallest absolute Gasteiger partial charge is 0.157 e. The zero-order chi connectivity index (χ0) is 13.5. The van der Waals surface area contributed by atoms with E-state index in [0.29, 0.717) is 10.7 Å². The standard InChI is InChI=1S/C12H21N5S/c1-4-17(9-5-8-16(2)3)12-10(11(13)18)14-6-7-15-12/h6-7H,4-5,8-9H2,1-3H3,(H2,13,18). The normalized spacial score (nSPS) is 10.7. The van der Waals surface area contributed by atoms with Crippen molar-refractivity contribution in [3.8, 4) is 0 Å². The van der Waals surface area contributed by atoms with Gasteiger partial charge in [0.1, 0.15) is 10.7 Å². The van der Waals surface area contributed by atoms with Gasteiger partial charge in [0.2, 0.25) is 0 Å². The van der Waals surface area contributed by atoms with Crippen molar-refractivity contribution in [2.24, 2.45) is 5.73 Å². The first-order chi connectivity index (χ1) is 8.56. The van der Waals surface area contributed by atoms with Gasteiger partial charge in [0.15, 0.2) is 5.82 Å². The average molecular weight is 267 g/mol. The van der Waals surface area contributed by atoms with Crippen LogP contribution >= 0.6 is 12.2 Å². The summed E-state index contributed by atoms with van der Waals surface area (Å²) >= 11 is 5.01. The molecule has 18 heavy (non-hydrogen) atoms. The summed E-state index contributed by atoms with van der Waals surface area (Å²) in [6.07, 6.45) is 4.35. The molecule has 0 spiro atoms. The quantitative estimate of drug-likeness (QED) is 0.740. The van der Waals surface area contributed by atoms with Gasteiger partial charge in [-0.15, -0.1) is 0 Å². The maximum absolute atomic E-state index is 5.68. The monoisotopic (exact) mass is 267 g/mol. The predicted molar refractivity (Wildman–Crippen MR) is 79.0 cm³/mol. The number of hydrogen-bond donors (Lipinski definition) is 1. The van der Waals surface area contributed by atoms with Crippen molar-refractivity contribution >= 4 is 23.0 Å². The lowest BCUT2D eigenvalue weighted by molar-refractivity contribution is 0.400. The van der Waals surface area contributed by atoms with E-state index in [1.54, 1.807) is 12.4 Å². The van der Waals surface area contributed by atoms with Crippen molar-refractivity contribution in [3.63, 3.8) is 0 Å². The van der Waals surface area contributed by atoms with Crippen LogP contribution in [-0.4, -0.2) is 53.6 Å². The maximum Gasteiger partial charge on any atom is 0.157 e. The van der Waals surface area contributed by atoms with Crippen molar-refractivity contribution in [1.29, 1.82) is 0 Å². The average Bonchev–Trinajstić information content (AvgIpc) is 2.34. The number of nitrogens with zero attached hydrogens (tertiary/aromatic N) is 4. The largest absolute Gasteiger partial charge is 0.388 e. The molecular weight excluding hydrogens is 246 g/mol. The second kappa shape index (κ2) is 7.23. The summed E-state index contributed by atoms with van der Waals surface area (Å²) < 4.78 is 0. The van der Waals surface area contributed by atoms with E-state index in [1.165, 1.54) is 0 Å². The molecule has 0 bridgehead atoms. The molecule has 6 heteroatoms. The number of nitrogens with two attached hydrogens (primary N) is 1. The van der Waals surface area contributed by atoms with E-state index in [-0.39, 0.29) is 0 Å². The minimum atomic E-state index is 0.296. The molecule has 0 unspecified atom stereocenters. The van der Waals surface area contributed by atoms with Crippen LogP contribution < -0.4 is 10.6 Å². The van der Waals surface area contributed by atoms with Gasteiger partial charge in [-0.2, -0.15) is 0 Å². The van der Waals surface area contributed by atoms with Gasteiger partial charge in [0.25, 0.3) is 0 Å². The van der Waals surface area contributed by atoms with E-state index in [1.807, 2.05) is 0 Å². The molecule has 2 N–H and O–H groups in total. The first-order valence-electron chi connectivity index (χ1n) is 6.06. The molecule has 0 radical (unpaired) electrons.